The van der Waals surface area contributed by atoms with Crippen LogP contribution >= 0.6 is 0 Å². The maximum atomic E-state index is 11.3. The van der Waals surface area contributed by atoms with Gasteiger partial charge in [-0.3, -0.25) is 4.79 Å². The van der Waals surface area contributed by atoms with Gasteiger partial charge in [0, 0.05) is 6.20 Å². The van der Waals surface area contributed by atoms with Crippen LogP contribution in [-0.2, 0) is 4.79 Å². The summed E-state index contributed by atoms with van der Waals surface area (Å²) in [4.78, 5) is 15.2. The fraction of sp³-hybridized carbons (Fsp3) is 0.0909. The Labute approximate surface area is 97.5 Å². The van der Waals surface area contributed by atoms with E-state index in [1.807, 2.05) is 6.07 Å². The van der Waals surface area contributed by atoms with E-state index in [-0.39, 0.29) is 18.2 Å². The topological polar surface area (TPSA) is 102 Å². The summed E-state index contributed by atoms with van der Waals surface area (Å²) in [5.74, 6) is -0.260. The minimum Gasteiger partial charge on any atom is -0.360 e. The zero-order valence-corrected chi connectivity index (χ0v) is 8.82. The van der Waals surface area contributed by atoms with Gasteiger partial charge in [-0.1, -0.05) is 0 Å². The Morgan fingerprint density at radius 2 is 2.41 bits per heavy atom. The van der Waals surface area contributed by atoms with Crippen LogP contribution in [-0.4, -0.2) is 23.1 Å². The van der Waals surface area contributed by atoms with Crippen LogP contribution in [0.1, 0.15) is 5.69 Å². The highest BCUT2D eigenvalue weighted by Gasteiger charge is 2.21. The Bertz CT molecular complexity index is 520. The smallest absolute Gasteiger partial charge is 0.254 e. The lowest BCUT2D eigenvalue weighted by molar-refractivity contribution is -0.116. The molecule has 2 heterocycles. The molecule has 17 heavy (non-hydrogen) atoms. The highest BCUT2D eigenvalue weighted by atomic mass is 16.2. The van der Waals surface area contributed by atoms with E-state index >= 15 is 0 Å². The number of aromatic nitrogens is 1. The molecule has 1 aliphatic heterocycles. The molecule has 6 heteroatoms. The van der Waals surface area contributed by atoms with Gasteiger partial charge in [0.2, 0.25) is 0 Å². The maximum Gasteiger partial charge on any atom is 0.254 e. The fourth-order valence-electron chi connectivity index (χ4n) is 1.35. The second kappa shape index (κ2) is 4.45. The van der Waals surface area contributed by atoms with E-state index in [1.165, 1.54) is 12.4 Å². The molecule has 1 amide bonds. The molecule has 6 nitrogen and oxygen atoms in total. The van der Waals surface area contributed by atoms with E-state index in [9.17, 15) is 4.79 Å². The Balaban J connectivity index is 2.11. The van der Waals surface area contributed by atoms with Crippen molar-refractivity contribution in [3.8, 4) is 6.07 Å². The number of carbonyl (C=O) groups is 1. The molecule has 1 saturated heterocycles. The van der Waals surface area contributed by atoms with Gasteiger partial charge in [0.05, 0.1) is 29.7 Å². The largest absolute Gasteiger partial charge is 0.360 e. The number of nitrogens with zero attached hydrogens (tertiary/aromatic N) is 2. The summed E-state index contributed by atoms with van der Waals surface area (Å²) in [7, 11) is 0. The van der Waals surface area contributed by atoms with E-state index in [4.69, 9.17) is 10.7 Å². The van der Waals surface area contributed by atoms with Crippen molar-refractivity contribution in [2.45, 2.75) is 0 Å². The second-order valence-corrected chi connectivity index (χ2v) is 3.41. The van der Waals surface area contributed by atoms with E-state index in [2.05, 4.69) is 15.6 Å². The first-order valence-electron chi connectivity index (χ1n) is 4.89. The van der Waals surface area contributed by atoms with E-state index in [1.54, 1.807) is 12.1 Å². The molecule has 0 spiro atoms. The van der Waals surface area contributed by atoms with Gasteiger partial charge in [-0.05, 0) is 12.1 Å². The molecular formula is C11H9N5O. The first kappa shape index (κ1) is 10.8. The van der Waals surface area contributed by atoms with Gasteiger partial charge in [0.15, 0.2) is 0 Å². The summed E-state index contributed by atoms with van der Waals surface area (Å²) in [6.45, 7) is 0.262. The number of rotatable bonds is 2. The van der Waals surface area contributed by atoms with Gasteiger partial charge in [-0.25, -0.2) is 4.98 Å². The van der Waals surface area contributed by atoms with E-state index in [0.717, 1.165) is 0 Å². The number of pyridine rings is 1. The summed E-state index contributed by atoms with van der Waals surface area (Å²) >= 11 is 0. The van der Waals surface area contributed by atoms with Crippen molar-refractivity contribution >= 4 is 17.3 Å². The summed E-state index contributed by atoms with van der Waals surface area (Å²) < 4.78 is 0. The Kier molecular flexibility index (Phi) is 2.83. The lowest BCUT2D eigenvalue weighted by Crippen LogP contribution is -2.14. The minimum absolute atomic E-state index is 0.254. The van der Waals surface area contributed by atoms with E-state index in [0.29, 0.717) is 17.0 Å². The summed E-state index contributed by atoms with van der Waals surface area (Å²) in [5, 5.41) is 21.5. The fourth-order valence-corrected chi connectivity index (χ4v) is 1.35. The van der Waals surface area contributed by atoms with Crippen LogP contribution in [0.25, 0.3) is 0 Å². The van der Waals surface area contributed by atoms with Gasteiger partial charge in [-0.2, -0.15) is 5.26 Å². The number of carbonyl (C=O) groups excluding carboxylic acids is 1. The molecule has 1 aliphatic rings. The third kappa shape index (κ3) is 2.29. The number of nitrogens with one attached hydrogen (secondary N) is 3. The third-order valence-corrected chi connectivity index (χ3v) is 2.26. The number of anilines is 1. The van der Waals surface area contributed by atoms with Crippen molar-refractivity contribution in [3.63, 3.8) is 0 Å². The zero-order chi connectivity index (χ0) is 12.3. The molecule has 1 fully saturated rings. The van der Waals surface area contributed by atoms with Crippen molar-refractivity contribution < 1.29 is 4.79 Å². The van der Waals surface area contributed by atoms with Crippen molar-refractivity contribution in [3.05, 3.63) is 35.8 Å². The molecule has 0 radical (unpaired) electrons. The van der Waals surface area contributed by atoms with Crippen LogP contribution in [0.5, 0.6) is 0 Å². The van der Waals surface area contributed by atoms with Crippen LogP contribution in [0.4, 0.5) is 5.69 Å². The molecular weight excluding hydrogens is 218 g/mol. The summed E-state index contributed by atoms with van der Waals surface area (Å²) in [6, 6.07) is 5.16. The van der Waals surface area contributed by atoms with Gasteiger partial charge >= 0.3 is 0 Å². The van der Waals surface area contributed by atoms with Crippen LogP contribution < -0.4 is 10.6 Å². The van der Waals surface area contributed by atoms with E-state index < -0.39 is 0 Å². The van der Waals surface area contributed by atoms with Crippen LogP contribution in [0.2, 0.25) is 0 Å². The molecule has 0 aromatic carbocycles. The molecule has 0 unspecified atom stereocenters. The molecule has 3 N–H and O–H groups in total. The van der Waals surface area contributed by atoms with Crippen molar-refractivity contribution in [1.29, 1.82) is 10.7 Å². The summed E-state index contributed by atoms with van der Waals surface area (Å²) in [5.41, 5.74) is 1.55. The lowest BCUT2D eigenvalue weighted by atomic mass is 10.2. The highest BCUT2D eigenvalue weighted by molar-refractivity contribution is 6.26. The molecule has 1 aromatic rings. The number of hydrogen-bond donors (Lipinski definition) is 3. The molecule has 0 bridgehead atoms. The first-order chi connectivity index (χ1) is 8.20. The van der Waals surface area contributed by atoms with Crippen LogP contribution in [0.15, 0.2) is 30.1 Å². The van der Waals surface area contributed by atoms with Crippen LogP contribution in [0, 0.1) is 16.7 Å². The Morgan fingerprint density at radius 3 is 2.94 bits per heavy atom. The van der Waals surface area contributed by atoms with Crippen molar-refractivity contribution in [2.24, 2.45) is 0 Å². The SMILES string of the molecule is N#Cc1ccc(N/C=C2\C(=N)CNC2=O)cn1. The highest BCUT2D eigenvalue weighted by Crippen LogP contribution is 2.09. The lowest BCUT2D eigenvalue weighted by Gasteiger charge is -2.00. The minimum atomic E-state index is -0.260. The number of hydrogen-bond acceptors (Lipinski definition) is 5. The molecule has 0 aliphatic carbocycles. The zero-order valence-electron chi connectivity index (χ0n) is 8.82. The molecule has 2 rings (SSSR count). The molecule has 0 saturated carbocycles. The maximum absolute atomic E-state index is 11.3. The molecule has 1 aromatic heterocycles. The monoisotopic (exact) mass is 227 g/mol. The molecule has 0 atom stereocenters. The standard InChI is InChI=1S/C11H9N5O/c12-3-7-1-2-8(4-14-7)15-5-9-10(13)6-16-11(9)17/h1-2,4-5,13,15H,6H2,(H,16,17)/b9-5+,13-10?. The second-order valence-electron chi connectivity index (χ2n) is 3.41. The average molecular weight is 227 g/mol. The van der Waals surface area contributed by atoms with Crippen molar-refractivity contribution in [1.82, 2.24) is 10.3 Å². The normalized spacial score (nSPS) is 16.8. The Hall–Kier alpha value is -2.68. The van der Waals surface area contributed by atoms with Crippen molar-refractivity contribution in [2.75, 3.05) is 11.9 Å². The predicted molar refractivity (Wildman–Crippen MR) is 61.4 cm³/mol. The van der Waals surface area contributed by atoms with Crippen LogP contribution in [0.3, 0.4) is 0 Å². The number of amides is 1. The summed E-state index contributed by atoms with van der Waals surface area (Å²) in [6.07, 6.45) is 2.96. The predicted octanol–water partition coefficient (Wildman–Crippen LogP) is 0.399. The third-order valence-electron chi connectivity index (χ3n) is 2.26. The first-order valence-corrected chi connectivity index (χ1v) is 4.89. The quantitative estimate of drug-likeness (QED) is 0.636. The van der Waals surface area contributed by atoms with Gasteiger partial charge in [0.1, 0.15) is 11.8 Å². The number of nitriles is 1. The Morgan fingerprint density at radius 1 is 1.59 bits per heavy atom. The average Bonchev–Trinajstić information content (AvgIpc) is 2.67. The van der Waals surface area contributed by atoms with Gasteiger partial charge in [-0.15, -0.1) is 0 Å². The molecule has 84 valence electrons. The van der Waals surface area contributed by atoms with Gasteiger partial charge < -0.3 is 16.0 Å². The van der Waals surface area contributed by atoms with Gasteiger partial charge in [0.25, 0.3) is 5.91 Å².